The van der Waals surface area contributed by atoms with E-state index in [2.05, 4.69) is 67.1 Å². The van der Waals surface area contributed by atoms with E-state index in [0.717, 1.165) is 64.8 Å². The molecule has 1 heterocycles. The molecule has 0 bridgehead atoms. The maximum atomic E-state index is 5.62. The van der Waals surface area contributed by atoms with Crippen LogP contribution in [0.4, 0.5) is 5.69 Å². The lowest BCUT2D eigenvalue weighted by molar-refractivity contribution is 0.0466. The Morgan fingerprint density at radius 3 is 2.17 bits per heavy atom. The summed E-state index contributed by atoms with van der Waals surface area (Å²) in [6, 6.07) is 9.65. The van der Waals surface area contributed by atoms with Crippen molar-refractivity contribution in [2.75, 3.05) is 64.1 Å². The Balaban J connectivity index is 0.00000450. The summed E-state index contributed by atoms with van der Waals surface area (Å²) in [4.78, 5) is 5.05. The van der Waals surface area contributed by atoms with Gasteiger partial charge in [0.05, 0.1) is 19.8 Å². The molecule has 1 fully saturated rings. The molecule has 1 aliphatic rings. The Bertz CT molecular complexity index is 532. The van der Waals surface area contributed by atoms with Gasteiger partial charge < -0.3 is 19.7 Å². The van der Waals surface area contributed by atoms with Gasteiger partial charge >= 0.3 is 0 Å². The first kappa shape index (κ1) is 24.1. The molecule has 0 aliphatic carbocycles. The van der Waals surface area contributed by atoms with Crippen LogP contribution in [0.2, 0.25) is 0 Å². The number of rotatable bonds is 14. The van der Waals surface area contributed by atoms with Crippen LogP contribution >= 0.6 is 0 Å². The lowest BCUT2D eigenvalue weighted by atomic mass is 10.1. The van der Waals surface area contributed by atoms with Crippen molar-refractivity contribution in [3.63, 3.8) is 0 Å². The van der Waals surface area contributed by atoms with Crippen LogP contribution in [0.25, 0.3) is 0 Å². The van der Waals surface area contributed by atoms with Crippen molar-refractivity contribution in [3.8, 4) is 0 Å². The predicted molar refractivity (Wildman–Crippen MR) is 125 cm³/mol. The topological polar surface area (TPSA) is 37.0 Å². The summed E-state index contributed by atoms with van der Waals surface area (Å²) >= 11 is 0. The fourth-order valence-electron chi connectivity index (χ4n) is 3.61. The molecule has 0 saturated carbocycles. The monoisotopic (exact) mass is 407 g/mol. The Labute approximate surface area is 180 Å². The molecular formula is C24H45N3O2. The summed E-state index contributed by atoms with van der Waals surface area (Å²) < 4.78 is 11.2. The molecule has 0 unspecified atom stereocenters. The van der Waals surface area contributed by atoms with Gasteiger partial charge in [-0.15, -0.1) is 0 Å². The smallest absolute Gasteiger partial charge is 0.0701 e. The van der Waals surface area contributed by atoms with Crippen molar-refractivity contribution in [2.45, 2.75) is 53.1 Å². The number of nitrogens with one attached hydrogen (secondary N) is 1. The highest BCUT2D eigenvalue weighted by Gasteiger charge is 2.18. The van der Waals surface area contributed by atoms with Gasteiger partial charge in [0.2, 0.25) is 0 Å². The summed E-state index contributed by atoms with van der Waals surface area (Å²) in [6.07, 6.45) is 2.38. The highest BCUT2D eigenvalue weighted by Crippen LogP contribution is 2.18. The molecular weight excluding hydrogens is 362 g/mol. The van der Waals surface area contributed by atoms with Gasteiger partial charge in [0, 0.05) is 59.0 Å². The molecule has 168 valence electrons. The second kappa shape index (κ2) is 14.0. The largest absolute Gasteiger partial charge is 0.379 e. The highest BCUT2D eigenvalue weighted by molar-refractivity contribution is 5.48. The highest BCUT2D eigenvalue weighted by atomic mass is 16.5. The Hall–Kier alpha value is -1.14. The summed E-state index contributed by atoms with van der Waals surface area (Å²) in [6.45, 7) is 18.3. The molecule has 0 aromatic heterocycles. The van der Waals surface area contributed by atoms with E-state index in [1.165, 1.54) is 17.7 Å². The molecule has 1 aromatic carbocycles. The minimum Gasteiger partial charge on any atom is -0.379 e. The predicted octanol–water partition coefficient (Wildman–Crippen LogP) is 4.02. The van der Waals surface area contributed by atoms with E-state index in [0.29, 0.717) is 19.3 Å². The number of hydrogen-bond donors (Lipinski definition) is 1. The van der Waals surface area contributed by atoms with Crippen molar-refractivity contribution >= 4 is 5.69 Å². The summed E-state index contributed by atoms with van der Waals surface area (Å²) in [5, 5.41) is 3.46. The zero-order chi connectivity index (χ0) is 20.9. The van der Waals surface area contributed by atoms with Gasteiger partial charge in [-0.2, -0.15) is 0 Å². The average molecular weight is 408 g/mol. The third-order valence-electron chi connectivity index (χ3n) is 5.54. The zero-order valence-electron chi connectivity index (χ0n) is 19.2. The number of hydrogen-bond acceptors (Lipinski definition) is 5. The van der Waals surface area contributed by atoms with Gasteiger partial charge in [-0.25, -0.2) is 0 Å². The maximum absolute atomic E-state index is 5.62. The van der Waals surface area contributed by atoms with Gasteiger partial charge in [0.15, 0.2) is 0 Å². The molecule has 1 aliphatic heterocycles. The molecule has 0 spiro atoms. The lowest BCUT2D eigenvalue weighted by Gasteiger charge is -2.38. The second-order valence-electron chi connectivity index (χ2n) is 8.72. The van der Waals surface area contributed by atoms with Crippen LogP contribution in [-0.4, -0.2) is 70.1 Å². The molecule has 0 atom stereocenters. The van der Waals surface area contributed by atoms with E-state index in [1.807, 2.05) is 0 Å². The van der Waals surface area contributed by atoms with Crippen LogP contribution < -0.4 is 10.2 Å². The average Bonchev–Trinajstić information content (AvgIpc) is 2.72. The van der Waals surface area contributed by atoms with E-state index in [9.17, 15) is 0 Å². The van der Waals surface area contributed by atoms with Crippen LogP contribution in [-0.2, 0) is 16.0 Å². The molecule has 0 radical (unpaired) electrons. The maximum Gasteiger partial charge on any atom is 0.0701 e. The summed E-state index contributed by atoms with van der Waals surface area (Å²) in [5.41, 5.74) is 2.66. The van der Waals surface area contributed by atoms with Gasteiger partial charge in [-0.05, 0) is 50.3 Å². The van der Waals surface area contributed by atoms with E-state index in [-0.39, 0.29) is 1.43 Å². The molecule has 1 N–H and O–H groups in total. The second-order valence-corrected chi connectivity index (χ2v) is 8.72. The first-order valence-corrected chi connectivity index (χ1v) is 11.5. The Morgan fingerprint density at radius 1 is 0.897 bits per heavy atom. The number of piperazine rings is 1. The molecule has 1 aromatic rings. The van der Waals surface area contributed by atoms with E-state index >= 15 is 0 Å². The fraction of sp³-hybridized carbons (Fsp3) is 0.750. The molecule has 1 saturated heterocycles. The fourth-order valence-corrected chi connectivity index (χ4v) is 3.61. The van der Waals surface area contributed by atoms with Crippen molar-refractivity contribution < 1.29 is 10.9 Å². The first-order chi connectivity index (χ1) is 14.1. The minimum absolute atomic E-state index is 0. The normalized spacial score (nSPS) is 15.6. The van der Waals surface area contributed by atoms with E-state index < -0.39 is 0 Å². The van der Waals surface area contributed by atoms with Crippen LogP contribution in [0.1, 0.15) is 47.5 Å². The molecule has 0 amide bonds. The van der Waals surface area contributed by atoms with Crippen molar-refractivity contribution in [1.29, 1.82) is 0 Å². The van der Waals surface area contributed by atoms with Crippen LogP contribution in [0, 0.1) is 5.92 Å². The van der Waals surface area contributed by atoms with Crippen molar-refractivity contribution in [3.05, 3.63) is 29.8 Å². The molecule has 29 heavy (non-hydrogen) atoms. The van der Waals surface area contributed by atoms with Crippen LogP contribution in [0.5, 0.6) is 0 Å². The molecule has 5 heteroatoms. The van der Waals surface area contributed by atoms with Gasteiger partial charge in [0.25, 0.3) is 0 Å². The van der Waals surface area contributed by atoms with Crippen molar-refractivity contribution in [1.82, 2.24) is 10.2 Å². The molecule has 2 rings (SSSR count). The number of nitrogens with zero attached hydrogens (tertiary/aromatic N) is 2. The zero-order valence-corrected chi connectivity index (χ0v) is 19.2. The number of ether oxygens (including phenoxy) is 2. The lowest BCUT2D eigenvalue weighted by Crippen LogP contribution is -2.48. The third-order valence-corrected chi connectivity index (χ3v) is 5.54. The first-order valence-electron chi connectivity index (χ1n) is 11.5. The Morgan fingerprint density at radius 2 is 1.55 bits per heavy atom. The van der Waals surface area contributed by atoms with E-state index in [4.69, 9.17) is 9.47 Å². The van der Waals surface area contributed by atoms with Crippen LogP contribution in [0.3, 0.4) is 0 Å². The third kappa shape index (κ3) is 9.94. The quantitative estimate of drug-likeness (QED) is 0.471. The van der Waals surface area contributed by atoms with Gasteiger partial charge in [0.1, 0.15) is 0 Å². The summed E-state index contributed by atoms with van der Waals surface area (Å²) in [5.74, 6) is 0.762. The summed E-state index contributed by atoms with van der Waals surface area (Å²) in [7, 11) is 0. The minimum atomic E-state index is 0. The standard InChI is InChI=1S/C24H43N3O2.H2/c1-21(2)6-5-16-28-18-19-29-17-11-25-20-23-7-9-24(10-8-23)27-14-12-26(13-15-27)22(3)4;/h7-10,21-22,25H,5-6,11-20H2,1-4H3;1H. The van der Waals surface area contributed by atoms with E-state index in [1.54, 1.807) is 0 Å². The SMILES string of the molecule is CC(C)CCCOCCOCCNCc1ccc(N2CCN(C(C)C)CC2)cc1.[HH]. The number of anilines is 1. The molecule has 5 nitrogen and oxygen atoms in total. The number of benzene rings is 1. The van der Waals surface area contributed by atoms with Crippen LogP contribution in [0.15, 0.2) is 24.3 Å². The van der Waals surface area contributed by atoms with Gasteiger partial charge in [-0.3, -0.25) is 4.90 Å². The van der Waals surface area contributed by atoms with Gasteiger partial charge in [-0.1, -0.05) is 26.0 Å². The van der Waals surface area contributed by atoms with Crippen molar-refractivity contribution in [2.24, 2.45) is 5.92 Å². The Kier molecular flexibility index (Phi) is 11.6.